The average Bonchev–Trinajstić information content (AvgIpc) is 2.88. The quantitative estimate of drug-likeness (QED) is 0.466. The van der Waals surface area contributed by atoms with Gasteiger partial charge in [0.1, 0.15) is 5.82 Å². The number of nitrogens with two attached hydrogens (primary N) is 1. The number of carbonyl (C=O) groups is 2. The first-order valence-corrected chi connectivity index (χ1v) is 12.7. The Kier molecular flexibility index (Phi) is 8.44. The molecule has 2 N–H and O–H groups in total. The predicted molar refractivity (Wildman–Crippen MR) is 137 cm³/mol. The number of aromatic nitrogens is 2. The van der Waals surface area contributed by atoms with E-state index in [1.54, 1.807) is 31.2 Å². The minimum absolute atomic E-state index is 0.0309. The van der Waals surface area contributed by atoms with Gasteiger partial charge in [-0.25, -0.2) is 9.97 Å². The maximum atomic E-state index is 13.7. The van der Waals surface area contributed by atoms with Crippen LogP contribution in [0.2, 0.25) is 0 Å². The molecule has 0 spiro atoms. The second kappa shape index (κ2) is 11.8. The Bertz CT molecular complexity index is 1280. The van der Waals surface area contributed by atoms with Crippen LogP contribution in [0.5, 0.6) is 0 Å². The molecule has 0 saturated carbocycles. The number of hydrogen-bond acceptors (Lipinski definition) is 4. The zero-order valence-electron chi connectivity index (χ0n) is 21.3. The Morgan fingerprint density at radius 2 is 1.66 bits per heavy atom. The van der Waals surface area contributed by atoms with Crippen LogP contribution in [-0.2, 0) is 41.4 Å². The lowest BCUT2D eigenvalue weighted by Crippen LogP contribution is -2.36. The van der Waals surface area contributed by atoms with Gasteiger partial charge in [0.15, 0.2) is 0 Å². The molecule has 0 radical (unpaired) electrons. The van der Waals surface area contributed by atoms with E-state index in [1.165, 1.54) is 5.56 Å². The van der Waals surface area contributed by atoms with Gasteiger partial charge in [-0.3, -0.25) is 9.59 Å². The average molecular weight is 525 g/mol. The van der Waals surface area contributed by atoms with Gasteiger partial charge in [0.05, 0.1) is 17.7 Å². The Morgan fingerprint density at radius 1 is 1.00 bits per heavy atom. The summed E-state index contributed by atoms with van der Waals surface area (Å²) < 4.78 is 41.1. The fourth-order valence-corrected chi connectivity index (χ4v) is 5.00. The summed E-state index contributed by atoms with van der Waals surface area (Å²) in [6, 6.07) is 15.1. The SMILES string of the molecule is CC(=O)N1CCC(c2ccc(Cc3ncc(C(F)(F)F)c(CCc4ccccc4CC(N)=O)n3)cc2)CC1. The predicted octanol–water partition coefficient (Wildman–Crippen LogP) is 4.63. The molecule has 1 aromatic heterocycles. The lowest BCUT2D eigenvalue weighted by atomic mass is 9.89. The number of halogens is 3. The maximum absolute atomic E-state index is 13.7. The van der Waals surface area contributed by atoms with E-state index < -0.39 is 17.6 Å². The molecule has 0 unspecified atom stereocenters. The molecule has 3 aromatic rings. The first kappa shape index (κ1) is 27.3. The minimum atomic E-state index is -4.57. The zero-order valence-corrected chi connectivity index (χ0v) is 21.3. The number of primary amides is 1. The van der Waals surface area contributed by atoms with Crippen molar-refractivity contribution >= 4 is 11.8 Å². The number of piperidine rings is 1. The third-order valence-corrected chi connectivity index (χ3v) is 7.09. The van der Waals surface area contributed by atoms with E-state index in [2.05, 4.69) is 9.97 Å². The summed E-state index contributed by atoms with van der Waals surface area (Å²) in [6.45, 7) is 3.08. The van der Waals surface area contributed by atoms with Crippen LogP contribution in [0.4, 0.5) is 13.2 Å². The molecular weight excluding hydrogens is 493 g/mol. The molecule has 2 amide bonds. The molecule has 2 heterocycles. The van der Waals surface area contributed by atoms with Gasteiger partial charge < -0.3 is 10.6 Å². The number of benzene rings is 2. The molecule has 0 atom stereocenters. The highest BCUT2D eigenvalue weighted by molar-refractivity contribution is 5.77. The highest BCUT2D eigenvalue weighted by Gasteiger charge is 2.34. The zero-order chi connectivity index (χ0) is 27.3. The second-order valence-corrected chi connectivity index (χ2v) is 9.75. The molecule has 1 aliphatic heterocycles. The van der Waals surface area contributed by atoms with E-state index in [0.717, 1.165) is 43.3 Å². The lowest BCUT2D eigenvalue weighted by Gasteiger charge is -2.31. The van der Waals surface area contributed by atoms with Crippen molar-refractivity contribution in [3.8, 4) is 0 Å². The number of rotatable bonds is 8. The van der Waals surface area contributed by atoms with E-state index in [4.69, 9.17) is 5.73 Å². The monoisotopic (exact) mass is 524 g/mol. The van der Waals surface area contributed by atoms with Crippen LogP contribution in [-0.4, -0.2) is 39.8 Å². The van der Waals surface area contributed by atoms with Crippen LogP contribution in [0, 0.1) is 0 Å². The van der Waals surface area contributed by atoms with E-state index >= 15 is 0 Å². The molecule has 1 saturated heterocycles. The van der Waals surface area contributed by atoms with Crippen LogP contribution < -0.4 is 5.73 Å². The van der Waals surface area contributed by atoms with E-state index in [-0.39, 0.29) is 24.4 Å². The van der Waals surface area contributed by atoms with Crippen molar-refractivity contribution in [2.75, 3.05) is 13.1 Å². The lowest BCUT2D eigenvalue weighted by molar-refractivity contribution is -0.138. The van der Waals surface area contributed by atoms with Crippen LogP contribution in [0.25, 0.3) is 0 Å². The summed E-state index contributed by atoms with van der Waals surface area (Å²) in [5.41, 5.74) is 7.99. The second-order valence-electron chi connectivity index (χ2n) is 9.75. The Labute approximate surface area is 220 Å². The number of carbonyl (C=O) groups excluding carboxylic acids is 2. The Hall–Kier alpha value is -3.75. The van der Waals surface area contributed by atoms with Crippen LogP contribution in [0.1, 0.15) is 65.0 Å². The van der Waals surface area contributed by atoms with Crippen molar-refractivity contribution in [2.24, 2.45) is 5.73 Å². The summed E-state index contributed by atoms with van der Waals surface area (Å²) in [5.74, 6) is 0.307. The first-order chi connectivity index (χ1) is 18.1. The van der Waals surface area contributed by atoms with Gasteiger partial charge in [0.25, 0.3) is 0 Å². The fourth-order valence-electron chi connectivity index (χ4n) is 5.00. The normalized spacial score (nSPS) is 14.5. The Morgan fingerprint density at radius 3 is 2.26 bits per heavy atom. The smallest absolute Gasteiger partial charge is 0.369 e. The largest absolute Gasteiger partial charge is 0.419 e. The van der Waals surface area contributed by atoms with E-state index in [9.17, 15) is 22.8 Å². The molecule has 0 aliphatic carbocycles. The fraction of sp³-hybridized carbons (Fsp3) is 0.379. The van der Waals surface area contributed by atoms with E-state index in [0.29, 0.717) is 30.1 Å². The third-order valence-electron chi connectivity index (χ3n) is 7.09. The summed E-state index contributed by atoms with van der Waals surface area (Å²) in [4.78, 5) is 33.1. The van der Waals surface area contributed by atoms with E-state index in [1.807, 2.05) is 29.2 Å². The molecule has 1 fully saturated rings. The number of nitrogens with zero attached hydrogens (tertiary/aromatic N) is 3. The van der Waals surface area contributed by atoms with Crippen molar-refractivity contribution in [3.05, 3.63) is 94.1 Å². The molecule has 2 aromatic carbocycles. The molecule has 9 heteroatoms. The Balaban J connectivity index is 1.47. The number of likely N-dealkylation sites (tertiary alicyclic amines) is 1. The standard InChI is InChI=1S/C29H31F3N4O2/c1-19(37)36-14-12-23(13-15-36)22-8-6-20(7-9-22)16-28-34-18-25(29(30,31)32)26(35-28)11-10-21-4-2-3-5-24(21)17-27(33)38/h2-9,18,23H,10-17H2,1H3,(H2,33,38). The number of amides is 2. The van der Waals surface area contributed by atoms with Gasteiger partial charge in [-0.1, -0.05) is 48.5 Å². The molecular formula is C29H31F3N4O2. The van der Waals surface area contributed by atoms with Gasteiger partial charge in [-0.15, -0.1) is 0 Å². The summed E-state index contributed by atoms with van der Waals surface area (Å²) in [5, 5.41) is 0. The maximum Gasteiger partial charge on any atom is 0.419 e. The van der Waals surface area contributed by atoms with Crippen LogP contribution >= 0.6 is 0 Å². The van der Waals surface area contributed by atoms with Gasteiger partial charge in [-0.2, -0.15) is 13.2 Å². The number of hydrogen-bond donors (Lipinski definition) is 1. The number of aryl methyl sites for hydroxylation is 2. The van der Waals surface area contributed by atoms with Gasteiger partial charge >= 0.3 is 6.18 Å². The summed E-state index contributed by atoms with van der Waals surface area (Å²) >= 11 is 0. The molecule has 1 aliphatic rings. The van der Waals surface area contributed by atoms with Crippen molar-refractivity contribution in [1.29, 1.82) is 0 Å². The summed E-state index contributed by atoms with van der Waals surface area (Å²) in [6.07, 6.45) is -1.20. The minimum Gasteiger partial charge on any atom is -0.369 e. The van der Waals surface area contributed by atoms with Gasteiger partial charge in [0, 0.05) is 32.6 Å². The first-order valence-electron chi connectivity index (χ1n) is 12.7. The highest BCUT2D eigenvalue weighted by Crippen LogP contribution is 2.32. The van der Waals surface area contributed by atoms with Crippen molar-refractivity contribution < 1.29 is 22.8 Å². The van der Waals surface area contributed by atoms with Crippen molar-refractivity contribution in [1.82, 2.24) is 14.9 Å². The molecule has 4 rings (SSSR count). The third kappa shape index (κ3) is 6.96. The van der Waals surface area contributed by atoms with Crippen molar-refractivity contribution in [3.63, 3.8) is 0 Å². The van der Waals surface area contributed by atoms with Gasteiger partial charge in [0.2, 0.25) is 11.8 Å². The van der Waals surface area contributed by atoms with Crippen LogP contribution in [0.15, 0.2) is 54.7 Å². The molecule has 0 bridgehead atoms. The summed E-state index contributed by atoms with van der Waals surface area (Å²) in [7, 11) is 0. The highest BCUT2D eigenvalue weighted by atomic mass is 19.4. The van der Waals surface area contributed by atoms with Crippen LogP contribution in [0.3, 0.4) is 0 Å². The number of alkyl halides is 3. The van der Waals surface area contributed by atoms with Crippen molar-refractivity contribution in [2.45, 2.75) is 57.5 Å². The molecule has 200 valence electrons. The molecule has 38 heavy (non-hydrogen) atoms. The molecule has 6 nitrogen and oxygen atoms in total. The van der Waals surface area contributed by atoms with Gasteiger partial charge in [-0.05, 0) is 53.9 Å². The topological polar surface area (TPSA) is 89.2 Å².